The minimum absolute atomic E-state index is 0.214. The van der Waals surface area contributed by atoms with Crippen LogP contribution in [-0.4, -0.2) is 12.5 Å². The van der Waals surface area contributed by atoms with Gasteiger partial charge in [-0.15, -0.1) is 0 Å². The fraction of sp³-hybridized carbons (Fsp3) is 0.133. The summed E-state index contributed by atoms with van der Waals surface area (Å²) < 4.78 is 0. The van der Waals surface area contributed by atoms with Crippen molar-refractivity contribution in [1.29, 1.82) is 0 Å². The van der Waals surface area contributed by atoms with E-state index in [-0.39, 0.29) is 5.91 Å². The highest BCUT2D eigenvalue weighted by Crippen LogP contribution is 2.25. The Morgan fingerprint density at radius 3 is 2.40 bits per heavy atom. The Morgan fingerprint density at radius 1 is 1.10 bits per heavy atom. The van der Waals surface area contributed by atoms with Crippen molar-refractivity contribution in [2.45, 2.75) is 6.42 Å². The van der Waals surface area contributed by atoms with Crippen LogP contribution in [0.1, 0.15) is 15.9 Å². The van der Waals surface area contributed by atoms with Crippen molar-refractivity contribution < 1.29 is 4.79 Å². The normalized spacial score (nSPS) is 10.3. The number of carbonyl (C=O) groups excluding carboxylic acids is 1. The van der Waals surface area contributed by atoms with Crippen molar-refractivity contribution in [2.24, 2.45) is 5.73 Å². The third-order valence-corrected chi connectivity index (χ3v) is 3.38. The summed E-state index contributed by atoms with van der Waals surface area (Å²) in [6, 6.07) is 12.3. The van der Waals surface area contributed by atoms with Crippen LogP contribution in [-0.2, 0) is 6.42 Å². The van der Waals surface area contributed by atoms with Gasteiger partial charge in [-0.05, 0) is 48.9 Å². The maximum Gasteiger partial charge on any atom is 0.255 e. The van der Waals surface area contributed by atoms with Gasteiger partial charge in [-0.2, -0.15) is 0 Å². The SMILES string of the molecule is NCCc1ccc(C(=O)Nc2ccc(Cl)cc2Cl)cc1. The van der Waals surface area contributed by atoms with Crippen molar-refractivity contribution >= 4 is 34.8 Å². The maximum atomic E-state index is 12.1. The molecular weight excluding hydrogens is 295 g/mol. The van der Waals surface area contributed by atoms with Crippen molar-refractivity contribution in [1.82, 2.24) is 0 Å². The van der Waals surface area contributed by atoms with Gasteiger partial charge >= 0.3 is 0 Å². The standard InChI is InChI=1S/C15H14Cl2N2O/c16-12-5-6-14(13(17)9-12)19-15(20)11-3-1-10(2-4-11)7-8-18/h1-6,9H,7-8,18H2,(H,19,20). The second kappa shape index (κ2) is 6.75. The Hall–Kier alpha value is -1.55. The van der Waals surface area contributed by atoms with Gasteiger partial charge < -0.3 is 11.1 Å². The van der Waals surface area contributed by atoms with Crippen LogP contribution in [0, 0.1) is 0 Å². The monoisotopic (exact) mass is 308 g/mol. The van der Waals surface area contributed by atoms with E-state index >= 15 is 0 Å². The van der Waals surface area contributed by atoms with Crippen molar-refractivity contribution in [2.75, 3.05) is 11.9 Å². The second-order valence-electron chi connectivity index (χ2n) is 4.31. The number of nitrogens with two attached hydrogens (primary N) is 1. The number of anilines is 1. The molecule has 0 saturated heterocycles. The maximum absolute atomic E-state index is 12.1. The number of rotatable bonds is 4. The van der Waals surface area contributed by atoms with E-state index in [1.54, 1.807) is 30.3 Å². The number of amides is 1. The van der Waals surface area contributed by atoms with Crippen LogP contribution in [0.25, 0.3) is 0 Å². The summed E-state index contributed by atoms with van der Waals surface area (Å²) in [5, 5.41) is 3.69. The molecule has 2 aromatic rings. The summed E-state index contributed by atoms with van der Waals surface area (Å²) in [6.45, 7) is 0.589. The molecule has 20 heavy (non-hydrogen) atoms. The van der Waals surface area contributed by atoms with Gasteiger partial charge in [-0.25, -0.2) is 0 Å². The predicted octanol–water partition coefficient (Wildman–Crippen LogP) is 3.75. The highest BCUT2D eigenvalue weighted by molar-refractivity contribution is 6.36. The quantitative estimate of drug-likeness (QED) is 0.904. The first-order valence-corrected chi connectivity index (χ1v) is 6.91. The van der Waals surface area contributed by atoms with E-state index in [9.17, 15) is 4.79 Å². The molecule has 0 aliphatic heterocycles. The zero-order valence-electron chi connectivity index (χ0n) is 10.7. The van der Waals surface area contributed by atoms with Gasteiger partial charge in [0.05, 0.1) is 10.7 Å². The molecule has 0 bridgehead atoms. The first kappa shape index (κ1) is 14.9. The lowest BCUT2D eigenvalue weighted by molar-refractivity contribution is 0.102. The molecule has 3 N–H and O–H groups in total. The van der Waals surface area contributed by atoms with Gasteiger partial charge in [0.15, 0.2) is 0 Å². The molecule has 0 aromatic heterocycles. The fourth-order valence-electron chi connectivity index (χ4n) is 1.77. The zero-order valence-corrected chi connectivity index (χ0v) is 12.2. The number of benzene rings is 2. The van der Waals surface area contributed by atoms with E-state index in [1.165, 1.54) is 0 Å². The van der Waals surface area contributed by atoms with Gasteiger partial charge in [-0.3, -0.25) is 4.79 Å². The summed E-state index contributed by atoms with van der Waals surface area (Å²) >= 11 is 11.8. The minimum atomic E-state index is -0.214. The van der Waals surface area contributed by atoms with E-state index in [0.717, 1.165) is 12.0 Å². The number of nitrogens with one attached hydrogen (secondary N) is 1. The molecule has 0 spiro atoms. The Labute approximate surface area is 127 Å². The van der Waals surface area contributed by atoms with Gasteiger partial charge in [0.1, 0.15) is 0 Å². The first-order chi connectivity index (χ1) is 9.60. The molecule has 0 aliphatic rings. The molecule has 0 unspecified atom stereocenters. The van der Waals surface area contributed by atoms with Gasteiger partial charge in [0.25, 0.3) is 5.91 Å². The molecule has 2 aromatic carbocycles. The zero-order chi connectivity index (χ0) is 14.5. The highest BCUT2D eigenvalue weighted by atomic mass is 35.5. The van der Waals surface area contributed by atoms with Crippen LogP contribution in [0.5, 0.6) is 0 Å². The first-order valence-electron chi connectivity index (χ1n) is 6.15. The van der Waals surface area contributed by atoms with E-state index < -0.39 is 0 Å². The highest BCUT2D eigenvalue weighted by Gasteiger charge is 2.08. The third-order valence-electron chi connectivity index (χ3n) is 2.83. The lowest BCUT2D eigenvalue weighted by Gasteiger charge is -2.08. The Morgan fingerprint density at radius 2 is 1.80 bits per heavy atom. The second-order valence-corrected chi connectivity index (χ2v) is 5.16. The summed E-state index contributed by atoms with van der Waals surface area (Å²) in [7, 11) is 0. The van der Waals surface area contributed by atoms with Gasteiger partial charge in [0, 0.05) is 10.6 Å². The third kappa shape index (κ3) is 3.73. The Kier molecular flexibility index (Phi) is 5.01. The van der Waals surface area contributed by atoms with Crippen molar-refractivity contribution in [3.63, 3.8) is 0 Å². The van der Waals surface area contributed by atoms with Crippen LogP contribution in [0.4, 0.5) is 5.69 Å². The van der Waals surface area contributed by atoms with Gasteiger partial charge in [0.2, 0.25) is 0 Å². The lowest BCUT2D eigenvalue weighted by Crippen LogP contribution is -2.12. The van der Waals surface area contributed by atoms with Crippen molar-refractivity contribution in [3.8, 4) is 0 Å². The largest absolute Gasteiger partial charge is 0.330 e. The molecule has 5 heteroatoms. The number of carbonyl (C=O) groups is 1. The topological polar surface area (TPSA) is 55.1 Å². The number of hydrogen-bond donors (Lipinski definition) is 2. The van der Waals surface area contributed by atoms with Gasteiger partial charge in [-0.1, -0.05) is 35.3 Å². The average molecular weight is 309 g/mol. The van der Waals surface area contributed by atoms with Crippen LogP contribution in [0.3, 0.4) is 0 Å². The molecule has 0 fully saturated rings. The summed E-state index contributed by atoms with van der Waals surface area (Å²) in [6.07, 6.45) is 0.797. The average Bonchev–Trinajstić information content (AvgIpc) is 2.43. The van der Waals surface area contributed by atoms with Crippen LogP contribution in [0.15, 0.2) is 42.5 Å². The molecular formula is C15H14Cl2N2O. The summed E-state index contributed by atoms with van der Waals surface area (Å²) in [5.74, 6) is -0.214. The molecule has 0 aliphatic carbocycles. The molecule has 0 atom stereocenters. The summed E-state index contributed by atoms with van der Waals surface area (Å²) in [4.78, 5) is 12.1. The minimum Gasteiger partial charge on any atom is -0.330 e. The smallest absolute Gasteiger partial charge is 0.255 e. The molecule has 0 saturated carbocycles. The van der Waals surface area contributed by atoms with Crippen LogP contribution >= 0.6 is 23.2 Å². The Bertz CT molecular complexity index is 612. The number of halogens is 2. The fourth-order valence-corrected chi connectivity index (χ4v) is 2.23. The Balaban J connectivity index is 2.11. The van der Waals surface area contributed by atoms with E-state index in [1.807, 2.05) is 12.1 Å². The lowest BCUT2D eigenvalue weighted by atomic mass is 10.1. The molecule has 3 nitrogen and oxygen atoms in total. The van der Waals surface area contributed by atoms with Crippen molar-refractivity contribution in [3.05, 3.63) is 63.6 Å². The summed E-state index contributed by atoms with van der Waals surface area (Å²) in [5.41, 5.74) is 7.69. The molecule has 1 amide bonds. The molecule has 0 radical (unpaired) electrons. The predicted molar refractivity (Wildman–Crippen MR) is 83.6 cm³/mol. The number of hydrogen-bond acceptors (Lipinski definition) is 2. The van der Waals surface area contributed by atoms with Crippen LogP contribution in [0.2, 0.25) is 10.0 Å². The van der Waals surface area contributed by atoms with E-state index in [2.05, 4.69) is 5.32 Å². The van der Waals surface area contributed by atoms with E-state index in [4.69, 9.17) is 28.9 Å². The molecule has 104 valence electrons. The molecule has 2 rings (SSSR count). The molecule has 0 heterocycles. The van der Waals surface area contributed by atoms with Crippen LogP contribution < -0.4 is 11.1 Å². The van der Waals surface area contributed by atoms with E-state index in [0.29, 0.717) is 27.8 Å².